The van der Waals surface area contributed by atoms with Gasteiger partial charge in [-0.3, -0.25) is 5.32 Å². The number of hydrogen-bond acceptors (Lipinski definition) is 5. The molecule has 5 nitrogen and oxygen atoms in total. The molecule has 3 saturated heterocycles. The SMILES string of the molecule is O=C(Nc1scnc1-c1ccccc1)OCC1CN2CCC1CC2. The molecule has 2 aromatic rings. The number of anilines is 1. The highest BCUT2D eigenvalue weighted by atomic mass is 32.1. The number of benzene rings is 1. The normalized spacial score (nSPS) is 25.4. The Balaban J connectivity index is 1.35. The predicted molar refractivity (Wildman–Crippen MR) is 95.2 cm³/mol. The first-order valence-corrected chi connectivity index (χ1v) is 9.32. The summed E-state index contributed by atoms with van der Waals surface area (Å²) >= 11 is 1.41. The fourth-order valence-corrected chi connectivity index (χ4v) is 4.41. The lowest BCUT2D eigenvalue weighted by atomic mass is 9.79. The molecule has 3 aliphatic heterocycles. The van der Waals surface area contributed by atoms with Crippen LogP contribution < -0.4 is 5.32 Å². The number of hydrogen-bond donors (Lipinski definition) is 1. The number of aromatic nitrogens is 1. The maximum absolute atomic E-state index is 12.2. The molecule has 1 amide bonds. The summed E-state index contributed by atoms with van der Waals surface area (Å²) in [5, 5.41) is 3.59. The molecule has 3 aliphatic rings. The fraction of sp³-hybridized carbons (Fsp3) is 0.444. The van der Waals surface area contributed by atoms with Crippen molar-refractivity contribution in [1.82, 2.24) is 9.88 Å². The summed E-state index contributed by atoms with van der Waals surface area (Å²) in [4.78, 5) is 19.0. The number of carbonyl (C=O) groups excluding carboxylic acids is 1. The van der Waals surface area contributed by atoms with E-state index >= 15 is 0 Å². The summed E-state index contributed by atoms with van der Waals surface area (Å²) in [6, 6.07) is 9.86. The number of nitrogens with one attached hydrogen (secondary N) is 1. The van der Waals surface area contributed by atoms with Gasteiger partial charge in [-0.25, -0.2) is 9.78 Å². The van der Waals surface area contributed by atoms with E-state index in [-0.39, 0.29) is 6.09 Å². The van der Waals surface area contributed by atoms with Crippen LogP contribution in [0.1, 0.15) is 12.8 Å². The van der Waals surface area contributed by atoms with Gasteiger partial charge in [-0.15, -0.1) is 11.3 Å². The summed E-state index contributed by atoms with van der Waals surface area (Å²) in [6.07, 6.45) is 2.10. The molecule has 4 heterocycles. The number of rotatable bonds is 4. The number of amides is 1. The molecule has 6 heteroatoms. The van der Waals surface area contributed by atoms with Crippen LogP contribution in [0.4, 0.5) is 9.80 Å². The fourth-order valence-electron chi connectivity index (χ4n) is 3.72. The minimum atomic E-state index is -0.382. The van der Waals surface area contributed by atoms with E-state index in [4.69, 9.17) is 4.74 Å². The number of thiazole rings is 1. The second-order valence-electron chi connectivity index (χ2n) is 6.52. The number of piperidine rings is 3. The van der Waals surface area contributed by atoms with E-state index < -0.39 is 0 Å². The topological polar surface area (TPSA) is 54.5 Å². The van der Waals surface area contributed by atoms with E-state index in [1.54, 1.807) is 5.51 Å². The van der Waals surface area contributed by atoms with Crippen molar-refractivity contribution in [2.24, 2.45) is 11.8 Å². The van der Waals surface area contributed by atoms with Crippen molar-refractivity contribution in [2.45, 2.75) is 12.8 Å². The van der Waals surface area contributed by atoms with Gasteiger partial charge in [0.1, 0.15) is 10.7 Å². The van der Waals surface area contributed by atoms with E-state index in [0.29, 0.717) is 18.4 Å². The monoisotopic (exact) mass is 343 g/mol. The third kappa shape index (κ3) is 3.30. The van der Waals surface area contributed by atoms with Crippen molar-refractivity contribution in [1.29, 1.82) is 0 Å². The highest BCUT2D eigenvalue weighted by Gasteiger charge is 2.34. The maximum atomic E-state index is 12.2. The number of nitrogens with zero attached hydrogens (tertiary/aromatic N) is 2. The Kier molecular flexibility index (Phi) is 4.49. The van der Waals surface area contributed by atoms with Crippen LogP contribution in [0.2, 0.25) is 0 Å². The molecule has 1 atom stereocenters. The molecular weight excluding hydrogens is 322 g/mol. The molecule has 5 rings (SSSR count). The van der Waals surface area contributed by atoms with Crippen molar-refractivity contribution in [3.63, 3.8) is 0 Å². The van der Waals surface area contributed by atoms with Gasteiger partial charge in [0.2, 0.25) is 0 Å². The molecule has 1 aromatic heterocycles. The lowest BCUT2D eigenvalue weighted by Gasteiger charge is -2.44. The smallest absolute Gasteiger partial charge is 0.412 e. The average Bonchev–Trinajstić information content (AvgIpc) is 3.10. The highest BCUT2D eigenvalue weighted by Crippen LogP contribution is 2.33. The van der Waals surface area contributed by atoms with Gasteiger partial charge < -0.3 is 9.64 Å². The Labute approximate surface area is 145 Å². The summed E-state index contributed by atoms with van der Waals surface area (Å²) in [5.74, 6) is 1.19. The Morgan fingerprint density at radius 3 is 2.79 bits per heavy atom. The van der Waals surface area contributed by atoms with Crippen molar-refractivity contribution in [3.05, 3.63) is 35.8 Å². The van der Waals surface area contributed by atoms with E-state index in [1.165, 1.54) is 37.3 Å². The van der Waals surface area contributed by atoms with Crippen LogP contribution in [0.5, 0.6) is 0 Å². The zero-order valence-corrected chi connectivity index (χ0v) is 14.3. The summed E-state index contributed by atoms with van der Waals surface area (Å²) in [7, 11) is 0. The van der Waals surface area contributed by atoms with E-state index in [9.17, 15) is 4.79 Å². The lowest BCUT2D eigenvalue weighted by molar-refractivity contribution is 0.0151. The van der Waals surface area contributed by atoms with Gasteiger partial charge in [-0.2, -0.15) is 0 Å². The quantitative estimate of drug-likeness (QED) is 0.920. The Morgan fingerprint density at radius 1 is 1.29 bits per heavy atom. The van der Waals surface area contributed by atoms with Gasteiger partial charge in [0.05, 0.1) is 12.1 Å². The van der Waals surface area contributed by atoms with Gasteiger partial charge in [0.25, 0.3) is 0 Å². The van der Waals surface area contributed by atoms with Gasteiger partial charge in [-0.05, 0) is 31.8 Å². The van der Waals surface area contributed by atoms with Crippen molar-refractivity contribution in [2.75, 3.05) is 31.6 Å². The van der Waals surface area contributed by atoms with Crippen LogP contribution in [0.3, 0.4) is 0 Å². The van der Waals surface area contributed by atoms with E-state index in [1.807, 2.05) is 30.3 Å². The van der Waals surface area contributed by atoms with E-state index in [0.717, 1.165) is 22.8 Å². The number of ether oxygens (including phenoxy) is 1. The molecule has 0 radical (unpaired) electrons. The maximum Gasteiger partial charge on any atom is 0.412 e. The zero-order valence-electron chi connectivity index (χ0n) is 13.5. The minimum Gasteiger partial charge on any atom is -0.449 e. The number of carbonyl (C=O) groups is 1. The lowest BCUT2D eigenvalue weighted by Crippen LogP contribution is -2.49. The first-order chi connectivity index (χ1) is 11.8. The Hall–Kier alpha value is -1.92. The van der Waals surface area contributed by atoms with Gasteiger partial charge in [0, 0.05) is 18.0 Å². The Morgan fingerprint density at radius 2 is 2.08 bits per heavy atom. The summed E-state index contributed by atoms with van der Waals surface area (Å²) < 4.78 is 5.50. The largest absolute Gasteiger partial charge is 0.449 e. The molecule has 1 unspecified atom stereocenters. The third-order valence-corrected chi connectivity index (χ3v) is 5.79. The molecule has 0 spiro atoms. The first kappa shape index (κ1) is 15.6. The second kappa shape index (κ2) is 6.91. The standard InChI is InChI=1S/C18H21N3O2S/c22-18(23-11-15-10-21-8-6-13(15)7-9-21)20-17-16(19-12-24-17)14-4-2-1-3-5-14/h1-5,12-13,15H,6-11H2,(H,20,22). The van der Waals surface area contributed by atoms with Crippen LogP contribution in [0.25, 0.3) is 11.3 Å². The third-order valence-electron chi connectivity index (χ3n) is 5.05. The van der Waals surface area contributed by atoms with Gasteiger partial charge in [0.15, 0.2) is 0 Å². The number of fused-ring (bicyclic) bond motifs is 3. The summed E-state index contributed by atoms with van der Waals surface area (Å²) in [5.41, 5.74) is 3.53. The molecule has 0 saturated carbocycles. The van der Waals surface area contributed by atoms with Crippen LogP contribution >= 0.6 is 11.3 Å². The average molecular weight is 343 g/mol. The van der Waals surface area contributed by atoms with Crippen molar-refractivity contribution < 1.29 is 9.53 Å². The Bertz CT molecular complexity index is 695. The highest BCUT2D eigenvalue weighted by molar-refractivity contribution is 7.14. The molecule has 3 fully saturated rings. The molecule has 24 heavy (non-hydrogen) atoms. The van der Waals surface area contributed by atoms with Crippen LogP contribution in [-0.2, 0) is 4.74 Å². The molecule has 2 bridgehead atoms. The van der Waals surface area contributed by atoms with Crippen molar-refractivity contribution in [3.8, 4) is 11.3 Å². The zero-order chi connectivity index (χ0) is 16.4. The van der Waals surface area contributed by atoms with Crippen LogP contribution in [0.15, 0.2) is 35.8 Å². The second-order valence-corrected chi connectivity index (χ2v) is 7.37. The van der Waals surface area contributed by atoms with Crippen molar-refractivity contribution >= 4 is 22.4 Å². The van der Waals surface area contributed by atoms with E-state index in [2.05, 4.69) is 15.2 Å². The molecule has 126 valence electrons. The van der Waals surface area contributed by atoms with Crippen LogP contribution in [-0.4, -0.2) is 42.2 Å². The molecule has 1 aromatic carbocycles. The van der Waals surface area contributed by atoms with Gasteiger partial charge >= 0.3 is 6.09 Å². The molecule has 1 N–H and O–H groups in total. The summed E-state index contributed by atoms with van der Waals surface area (Å²) in [6.45, 7) is 3.98. The predicted octanol–water partition coefficient (Wildman–Crippen LogP) is 3.70. The first-order valence-electron chi connectivity index (χ1n) is 8.44. The van der Waals surface area contributed by atoms with Gasteiger partial charge in [-0.1, -0.05) is 30.3 Å². The molecular formula is C18H21N3O2S. The molecule has 0 aliphatic carbocycles. The minimum absolute atomic E-state index is 0.382. The van der Waals surface area contributed by atoms with Crippen LogP contribution in [0, 0.1) is 11.8 Å².